The Labute approximate surface area is 105 Å². The molecule has 0 aromatic rings. The summed E-state index contributed by atoms with van der Waals surface area (Å²) in [7, 11) is 0. The van der Waals surface area contributed by atoms with E-state index in [1.807, 2.05) is 11.0 Å². The zero-order valence-electron chi connectivity index (χ0n) is 10.1. The zero-order valence-corrected chi connectivity index (χ0v) is 10.1. The summed E-state index contributed by atoms with van der Waals surface area (Å²) in [5.74, 6) is -1.05. The molecule has 100 valence electrons. The highest BCUT2D eigenvalue weighted by Gasteiger charge is 2.23. The van der Waals surface area contributed by atoms with Crippen LogP contribution in [0, 0.1) is 11.3 Å². The molecular weight excluding hydrogens is 238 g/mol. The number of hydrogen-bond acceptors (Lipinski definition) is 5. The van der Waals surface area contributed by atoms with Gasteiger partial charge in [-0.3, -0.25) is 14.5 Å². The number of carbonyl (C=O) groups is 2. The topological polar surface area (TPSA) is 103 Å². The van der Waals surface area contributed by atoms with Crippen LogP contribution in [0.2, 0.25) is 0 Å². The normalized spacial score (nSPS) is 20.1. The Kier molecular flexibility index (Phi) is 6.11. The lowest BCUT2D eigenvalue weighted by Crippen LogP contribution is -2.47. The van der Waals surface area contributed by atoms with Gasteiger partial charge in [-0.05, 0) is 0 Å². The number of nitrogens with zero attached hydrogens (tertiary/aromatic N) is 2. The second kappa shape index (κ2) is 7.63. The third-order valence-electron chi connectivity index (χ3n) is 2.55. The third kappa shape index (κ3) is 5.61. The predicted octanol–water partition coefficient (Wildman–Crippen LogP) is -0.808. The minimum absolute atomic E-state index is 0.0491. The molecule has 1 aliphatic heterocycles. The van der Waals surface area contributed by atoms with Crippen LogP contribution >= 0.6 is 0 Å². The minimum atomic E-state index is -0.902. The molecule has 1 heterocycles. The molecule has 1 aliphatic rings. The van der Waals surface area contributed by atoms with Crippen LogP contribution in [0.4, 0.5) is 0 Å². The van der Waals surface area contributed by atoms with Crippen LogP contribution in [-0.4, -0.2) is 60.8 Å². The van der Waals surface area contributed by atoms with E-state index in [9.17, 15) is 9.59 Å². The van der Waals surface area contributed by atoms with Gasteiger partial charge in [-0.25, -0.2) is 0 Å². The predicted molar refractivity (Wildman–Crippen MR) is 61.7 cm³/mol. The smallest absolute Gasteiger partial charge is 0.306 e. The van der Waals surface area contributed by atoms with Crippen molar-refractivity contribution in [2.75, 3.05) is 32.8 Å². The molecule has 1 atom stereocenters. The molecule has 2 N–H and O–H groups in total. The van der Waals surface area contributed by atoms with E-state index in [2.05, 4.69) is 5.32 Å². The van der Waals surface area contributed by atoms with E-state index >= 15 is 0 Å². The van der Waals surface area contributed by atoms with Gasteiger partial charge in [0.15, 0.2) is 0 Å². The van der Waals surface area contributed by atoms with Crippen LogP contribution in [-0.2, 0) is 14.3 Å². The quantitative estimate of drug-likeness (QED) is 0.602. The average Bonchev–Trinajstić information content (AvgIpc) is 2.28. The van der Waals surface area contributed by atoms with Crippen molar-refractivity contribution in [3.05, 3.63) is 0 Å². The van der Waals surface area contributed by atoms with Crippen molar-refractivity contribution in [3.8, 4) is 6.07 Å². The average molecular weight is 255 g/mol. The number of carbonyl (C=O) groups excluding carboxylic acids is 1. The number of carboxylic acid groups (broad SMARTS) is 1. The van der Waals surface area contributed by atoms with Crippen LogP contribution < -0.4 is 5.32 Å². The number of aliphatic carboxylic acids is 1. The zero-order chi connectivity index (χ0) is 13.4. The van der Waals surface area contributed by atoms with E-state index in [1.54, 1.807) is 0 Å². The molecule has 0 bridgehead atoms. The maximum absolute atomic E-state index is 11.5. The van der Waals surface area contributed by atoms with Crippen molar-refractivity contribution in [1.29, 1.82) is 5.26 Å². The molecule has 0 aromatic carbocycles. The van der Waals surface area contributed by atoms with Crippen molar-refractivity contribution >= 4 is 11.9 Å². The van der Waals surface area contributed by atoms with Crippen LogP contribution in [0.5, 0.6) is 0 Å². The highest BCUT2D eigenvalue weighted by Crippen LogP contribution is 2.08. The van der Waals surface area contributed by atoms with E-state index in [1.165, 1.54) is 0 Å². The Morgan fingerprint density at radius 1 is 1.56 bits per heavy atom. The fourth-order valence-electron chi connectivity index (χ4n) is 1.76. The molecule has 1 saturated heterocycles. The molecule has 0 saturated carbocycles. The summed E-state index contributed by atoms with van der Waals surface area (Å²) in [6.45, 7) is 2.05. The van der Waals surface area contributed by atoms with Gasteiger partial charge in [-0.1, -0.05) is 0 Å². The number of morpholine rings is 1. The molecule has 0 radical (unpaired) electrons. The molecular formula is C11H17N3O4. The van der Waals surface area contributed by atoms with Gasteiger partial charge in [0.1, 0.15) is 0 Å². The first-order valence-corrected chi connectivity index (χ1v) is 5.81. The largest absolute Gasteiger partial charge is 0.481 e. The van der Waals surface area contributed by atoms with E-state index in [0.29, 0.717) is 26.2 Å². The van der Waals surface area contributed by atoms with Gasteiger partial charge in [-0.2, -0.15) is 5.26 Å². The van der Waals surface area contributed by atoms with Crippen LogP contribution in [0.3, 0.4) is 0 Å². The molecule has 0 spiro atoms. The fraction of sp³-hybridized carbons (Fsp3) is 0.727. The lowest BCUT2D eigenvalue weighted by Gasteiger charge is -2.31. The fourth-order valence-corrected chi connectivity index (χ4v) is 1.76. The number of hydrogen-bond donors (Lipinski definition) is 2. The van der Waals surface area contributed by atoms with Gasteiger partial charge in [0.2, 0.25) is 5.91 Å². The van der Waals surface area contributed by atoms with Gasteiger partial charge in [0, 0.05) is 19.6 Å². The van der Waals surface area contributed by atoms with Crippen LogP contribution in [0.15, 0.2) is 0 Å². The van der Waals surface area contributed by atoms with Crippen molar-refractivity contribution in [3.63, 3.8) is 0 Å². The summed E-state index contributed by atoms with van der Waals surface area (Å²) in [6.07, 6.45) is -0.119. The van der Waals surface area contributed by atoms with Crippen LogP contribution in [0.25, 0.3) is 0 Å². The van der Waals surface area contributed by atoms with E-state index in [4.69, 9.17) is 15.1 Å². The highest BCUT2D eigenvalue weighted by molar-refractivity contribution is 5.78. The number of nitrogens with one attached hydrogen (secondary N) is 1. The lowest BCUT2D eigenvalue weighted by molar-refractivity contribution is -0.142. The molecule has 1 rings (SSSR count). The van der Waals surface area contributed by atoms with Gasteiger partial charge >= 0.3 is 5.97 Å². The van der Waals surface area contributed by atoms with E-state index < -0.39 is 5.97 Å². The van der Waals surface area contributed by atoms with Gasteiger partial charge in [-0.15, -0.1) is 0 Å². The summed E-state index contributed by atoms with van der Waals surface area (Å²) in [5, 5.41) is 19.6. The molecule has 0 aliphatic carbocycles. The monoisotopic (exact) mass is 255 g/mol. The summed E-state index contributed by atoms with van der Waals surface area (Å²) in [6, 6.07) is 1.94. The number of rotatable bonds is 6. The Bertz CT molecular complexity index is 340. The second-order valence-corrected chi connectivity index (χ2v) is 4.08. The highest BCUT2D eigenvalue weighted by atomic mass is 16.5. The molecule has 1 unspecified atom stereocenters. The second-order valence-electron chi connectivity index (χ2n) is 4.08. The lowest BCUT2D eigenvalue weighted by atomic mass is 10.2. The van der Waals surface area contributed by atoms with E-state index in [-0.39, 0.29) is 31.4 Å². The van der Waals surface area contributed by atoms with Gasteiger partial charge < -0.3 is 15.2 Å². The number of nitriles is 1. The van der Waals surface area contributed by atoms with E-state index in [0.717, 1.165) is 0 Å². The Morgan fingerprint density at radius 2 is 2.33 bits per heavy atom. The first-order chi connectivity index (χ1) is 8.61. The van der Waals surface area contributed by atoms with Crippen molar-refractivity contribution < 1.29 is 19.4 Å². The number of amides is 1. The summed E-state index contributed by atoms with van der Waals surface area (Å²) >= 11 is 0. The summed E-state index contributed by atoms with van der Waals surface area (Å²) < 4.78 is 5.30. The van der Waals surface area contributed by atoms with Crippen molar-refractivity contribution in [2.45, 2.75) is 18.9 Å². The standard InChI is InChI=1S/C11H17N3O4/c12-2-1-3-13-10(15)8-14-4-5-18-9(7-14)6-11(16)17/h9H,1,3-8H2,(H,13,15)(H,16,17). The molecule has 18 heavy (non-hydrogen) atoms. The Morgan fingerprint density at radius 3 is 3.00 bits per heavy atom. The molecule has 1 amide bonds. The van der Waals surface area contributed by atoms with Crippen LogP contribution in [0.1, 0.15) is 12.8 Å². The summed E-state index contributed by atoms with van der Waals surface area (Å²) in [4.78, 5) is 23.9. The Hall–Kier alpha value is -1.65. The number of carboxylic acids is 1. The van der Waals surface area contributed by atoms with Crippen molar-refractivity contribution in [2.24, 2.45) is 0 Å². The SMILES string of the molecule is N#CCCNC(=O)CN1CCOC(CC(=O)O)C1. The summed E-state index contributed by atoms with van der Waals surface area (Å²) in [5.41, 5.74) is 0. The molecule has 7 heteroatoms. The first-order valence-electron chi connectivity index (χ1n) is 5.81. The Balaban J connectivity index is 2.27. The first kappa shape index (κ1) is 14.4. The van der Waals surface area contributed by atoms with Gasteiger partial charge in [0.05, 0.1) is 38.2 Å². The third-order valence-corrected chi connectivity index (χ3v) is 2.55. The number of ether oxygens (including phenoxy) is 1. The molecule has 1 fully saturated rings. The van der Waals surface area contributed by atoms with Gasteiger partial charge in [0.25, 0.3) is 0 Å². The maximum atomic E-state index is 11.5. The molecule has 0 aromatic heterocycles. The maximum Gasteiger partial charge on any atom is 0.306 e. The minimum Gasteiger partial charge on any atom is -0.481 e. The van der Waals surface area contributed by atoms with Crippen molar-refractivity contribution in [1.82, 2.24) is 10.2 Å². The molecule has 7 nitrogen and oxygen atoms in total.